The molecule has 0 radical (unpaired) electrons. The molecule has 1 rings (SSSR count). The summed E-state index contributed by atoms with van der Waals surface area (Å²) in [6, 6.07) is 0. The summed E-state index contributed by atoms with van der Waals surface area (Å²) in [7, 11) is 4.26. The molecule has 0 aromatic heterocycles. The van der Waals surface area contributed by atoms with E-state index in [2.05, 4.69) is 23.9 Å². The molecule has 1 heterocycles. The lowest BCUT2D eigenvalue weighted by molar-refractivity contribution is 0.0962. The van der Waals surface area contributed by atoms with Crippen LogP contribution in [-0.4, -0.2) is 67.2 Å². The molecule has 0 aliphatic carbocycles. The van der Waals surface area contributed by atoms with Crippen LogP contribution >= 0.6 is 11.6 Å². The maximum absolute atomic E-state index is 9.44. The Morgan fingerprint density at radius 2 is 2.00 bits per heavy atom. The fourth-order valence-electron chi connectivity index (χ4n) is 2.21. The Morgan fingerprint density at radius 3 is 2.47 bits per heavy atom. The molecule has 4 heteroatoms. The van der Waals surface area contributed by atoms with Gasteiger partial charge in [0, 0.05) is 19.0 Å². The Labute approximate surface area is 98.0 Å². The number of rotatable bonds is 5. The molecule has 1 saturated heterocycles. The molecule has 0 spiro atoms. The minimum atomic E-state index is -0.364. The lowest BCUT2D eigenvalue weighted by Gasteiger charge is -2.33. The van der Waals surface area contributed by atoms with Gasteiger partial charge in [-0.15, -0.1) is 11.6 Å². The van der Waals surface area contributed by atoms with Gasteiger partial charge in [-0.2, -0.15) is 0 Å². The number of hydrogen-bond donors (Lipinski definition) is 1. The number of nitrogens with zero attached hydrogens (tertiary/aromatic N) is 2. The predicted octanol–water partition coefficient (Wildman–Crippen LogP) is 0.860. The first kappa shape index (κ1) is 13.2. The standard InChI is InChI=1S/C11H23ClN2O/c1-13(2)8-10-3-5-14(6-4-10)9-11(15)7-12/h10-11,15H,3-9H2,1-2H3. The van der Waals surface area contributed by atoms with Gasteiger partial charge in [-0.3, -0.25) is 0 Å². The van der Waals surface area contributed by atoms with Gasteiger partial charge in [0.15, 0.2) is 0 Å². The van der Waals surface area contributed by atoms with Crippen molar-refractivity contribution >= 4 is 11.6 Å². The van der Waals surface area contributed by atoms with E-state index in [1.165, 1.54) is 19.4 Å². The van der Waals surface area contributed by atoms with Crippen LogP contribution in [0.25, 0.3) is 0 Å². The topological polar surface area (TPSA) is 26.7 Å². The fraction of sp³-hybridized carbons (Fsp3) is 1.00. The summed E-state index contributed by atoms with van der Waals surface area (Å²) in [6.07, 6.45) is 2.12. The van der Waals surface area contributed by atoms with E-state index in [1.807, 2.05) is 0 Å². The number of hydrogen-bond acceptors (Lipinski definition) is 3. The Balaban J connectivity index is 2.18. The summed E-state index contributed by atoms with van der Waals surface area (Å²) in [4.78, 5) is 4.58. The van der Waals surface area contributed by atoms with Crippen LogP contribution in [0.15, 0.2) is 0 Å². The number of piperidine rings is 1. The lowest BCUT2D eigenvalue weighted by atomic mass is 9.96. The van der Waals surface area contributed by atoms with Gasteiger partial charge in [0.05, 0.1) is 6.10 Å². The van der Waals surface area contributed by atoms with E-state index < -0.39 is 0 Å². The monoisotopic (exact) mass is 234 g/mol. The second-order valence-electron chi connectivity index (χ2n) is 4.81. The van der Waals surface area contributed by atoms with Crippen LogP contribution < -0.4 is 0 Å². The van der Waals surface area contributed by atoms with Crippen LogP contribution in [0.1, 0.15) is 12.8 Å². The zero-order valence-electron chi connectivity index (χ0n) is 9.82. The number of aliphatic hydroxyl groups excluding tert-OH is 1. The molecule has 15 heavy (non-hydrogen) atoms. The highest BCUT2D eigenvalue weighted by Gasteiger charge is 2.20. The zero-order chi connectivity index (χ0) is 11.3. The number of aliphatic hydroxyl groups is 1. The minimum absolute atomic E-state index is 0.345. The molecule has 90 valence electrons. The van der Waals surface area contributed by atoms with Gasteiger partial charge < -0.3 is 14.9 Å². The molecule has 0 amide bonds. The first-order chi connectivity index (χ1) is 7.11. The second kappa shape index (κ2) is 6.69. The van der Waals surface area contributed by atoms with Crippen LogP contribution in [0, 0.1) is 5.92 Å². The largest absolute Gasteiger partial charge is 0.391 e. The molecule has 0 saturated carbocycles. The Bertz CT molecular complexity index is 170. The van der Waals surface area contributed by atoms with Gasteiger partial charge in [-0.05, 0) is 45.9 Å². The van der Waals surface area contributed by atoms with Crippen molar-refractivity contribution in [2.24, 2.45) is 5.92 Å². The highest BCUT2D eigenvalue weighted by molar-refractivity contribution is 6.18. The third-order valence-electron chi connectivity index (χ3n) is 2.98. The normalized spacial score (nSPS) is 22.2. The van der Waals surface area contributed by atoms with Crippen molar-refractivity contribution in [2.75, 3.05) is 46.2 Å². The summed E-state index contributed by atoms with van der Waals surface area (Å²) in [6.45, 7) is 4.13. The molecule has 1 aliphatic heterocycles. The predicted molar refractivity (Wildman–Crippen MR) is 64.4 cm³/mol. The molecule has 1 unspecified atom stereocenters. The maximum atomic E-state index is 9.44. The van der Waals surface area contributed by atoms with Crippen LogP contribution in [-0.2, 0) is 0 Å². The molecule has 0 aromatic carbocycles. The van der Waals surface area contributed by atoms with Gasteiger partial charge in [0.2, 0.25) is 0 Å². The van der Waals surface area contributed by atoms with E-state index in [9.17, 15) is 5.11 Å². The summed E-state index contributed by atoms with van der Waals surface area (Å²) in [5, 5.41) is 9.44. The van der Waals surface area contributed by atoms with Gasteiger partial charge in [-0.25, -0.2) is 0 Å². The smallest absolute Gasteiger partial charge is 0.0802 e. The van der Waals surface area contributed by atoms with E-state index in [4.69, 9.17) is 11.6 Å². The van der Waals surface area contributed by atoms with Crippen LogP contribution in [0.3, 0.4) is 0 Å². The summed E-state index contributed by atoms with van der Waals surface area (Å²) >= 11 is 5.59. The van der Waals surface area contributed by atoms with Gasteiger partial charge in [0.25, 0.3) is 0 Å². The van der Waals surface area contributed by atoms with Gasteiger partial charge in [-0.1, -0.05) is 0 Å². The Hall–Kier alpha value is 0.170. The van der Waals surface area contributed by atoms with Gasteiger partial charge in [0.1, 0.15) is 0 Å². The molecular weight excluding hydrogens is 212 g/mol. The molecule has 1 aliphatic rings. The third-order valence-corrected chi connectivity index (χ3v) is 3.33. The van der Waals surface area contributed by atoms with Crippen molar-refractivity contribution in [3.05, 3.63) is 0 Å². The minimum Gasteiger partial charge on any atom is -0.391 e. The first-order valence-corrected chi connectivity index (χ1v) is 6.26. The van der Waals surface area contributed by atoms with Crippen molar-refractivity contribution < 1.29 is 5.11 Å². The van der Waals surface area contributed by atoms with E-state index in [1.54, 1.807) is 0 Å². The van der Waals surface area contributed by atoms with E-state index in [0.717, 1.165) is 25.6 Å². The first-order valence-electron chi connectivity index (χ1n) is 5.73. The average Bonchev–Trinajstić information content (AvgIpc) is 2.20. The quantitative estimate of drug-likeness (QED) is 0.715. The van der Waals surface area contributed by atoms with Crippen molar-refractivity contribution in [2.45, 2.75) is 18.9 Å². The molecule has 3 nitrogen and oxygen atoms in total. The Kier molecular flexibility index (Phi) is 5.90. The fourth-order valence-corrected chi connectivity index (χ4v) is 2.31. The lowest BCUT2D eigenvalue weighted by Crippen LogP contribution is -2.41. The number of likely N-dealkylation sites (tertiary alicyclic amines) is 1. The zero-order valence-corrected chi connectivity index (χ0v) is 10.6. The number of alkyl halides is 1. The van der Waals surface area contributed by atoms with E-state index >= 15 is 0 Å². The molecule has 1 atom stereocenters. The number of halogens is 1. The molecule has 0 bridgehead atoms. The summed E-state index contributed by atoms with van der Waals surface area (Å²) in [5.74, 6) is 1.17. The highest BCUT2D eigenvalue weighted by Crippen LogP contribution is 2.17. The van der Waals surface area contributed by atoms with E-state index in [0.29, 0.717) is 5.88 Å². The molecular formula is C11H23ClN2O. The average molecular weight is 235 g/mol. The van der Waals surface area contributed by atoms with Crippen molar-refractivity contribution in [1.82, 2.24) is 9.80 Å². The number of β-amino-alcohol motifs (C(OH)–C–C–N with tert-alkyl or cyclic N) is 1. The second-order valence-corrected chi connectivity index (χ2v) is 5.12. The third kappa shape index (κ3) is 5.16. The van der Waals surface area contributed by atoms with Crippen molar-refractivity contribution in [3.63, 3.8) is 0 Å². The van der Waals surface area contributed by atoms with Crippen molar-refractivity contribution in [1.29, 1.82) is 0 Å². The molecule has 1 N–H and O–H groups in total. The van der Waals surface area contributed by atoms with Crippen LogP contribution in [0.4, 0.5) is 0 Å². The van der Waals surface area contributed by atoms with E-state index in [-0.39, 0.29) is 6.10 Å². The maximum Gasteiger partial charge on any atom is 0.0802 e. The SMILES string of the molecule is CN(C)CC1CCN(CC(O)CCl)CC1. The Morgan fingerprint density at radius 1 is 1.40 bits per heavy atom. The van der Waals surface area contributed by atoms with Crippen LogP contribution in [0.5, 0.6) is 0 Å². The summed E-state index contributed by atoms with van der Waals surface area (Å²) in [5.41, 5.74) is 0. The van der Waals surface area contributed by atoms with Crippen molar-refractivity contribution in [3.8, 4) is 0 Å². The molecule has 1 fully saturated rings. The molecule has 0 aromatic rings. The van der Waals surface area contributed by atoms with Crippen LogP contribution in [0.2, 0.25) is 0 Å². The van der Waals surface area contributed by atoms with Gasteiger partial charge >= 0.3 is 0 Å². The highest BCUT2D eigenvalue weighted by atomic mass is 35.5. The summed E-state index contributed by atoms with van der Waals surface area (Å²) < 4.78 is 0.